The predicted molar refractivity (Wildman–Crippen MR) is 95.9 cm³/mol. The molecule has 0 bridgehead atoms. The minimum atomic E-state index is -0.927. The van der Waals surface area contributed by atoms with E-state index in [9.17, 15) is 13.6 Å². The number of pyridine rings is 1. The molecule has 0 aliphatic heterocycles. The van der Waals surface area contributed by atoms with Crippen molar-refractivity contribution in [2.45, 2.75) is 17.9 Å². The van der Waals surface area contributed by atoms with Gasteiger partial charge in [0.1, 0.15) is 0 Å². The number of nitrogens with zero attached hydrogens (tertiary/aromatic N) is 3. The Bertz CT molecular complexity index is 886. The molecule has 1 amide bonds. The van der Waals surface area contributed by atoms with Crippen molar-refractivity contribution in [3.8, 4) is 0 Å². The number of hydrogen-bond donors (Lipinski definition) is 1. The summed E-state index contributed by atoms with van der Waals surface area (Å²) < 4.78 is 27.8. The van der Waals surface area contributed by atoms with E-state index in [-0.39, 0.29) is 11.7 Å². The van der Waals surface area contributed by atoms with Crippen LogP contribution in [0.25, 0.3) is 0 Å². The van der Waals surface area contributed by atoms with Gasteiger partial charge in [0.25, 0.3) is 0 Å². The predicted octanol–water partition coefficient (Wildman–Crippen LogP) is 3.53. The Kier molecular flexibility index (Phi) is 5.96. The van der Waals surface area contributed by atoms with Gasteiger partial charge in [-0.2, -0.15) is 5.10 Å². The van der Waals surface area contributed by atoms with Crippen LogP contribution < -0.4 is 5.32 Å². The van der Waals surface area contributed by atoms with Crippen LogP contribution in [0.4, 0.5) is 14.6 Å². The van der Waals surface area contributed by atoms with Crippen LogP contribution in [-0.2, 0) is 17.8 Å². The van der Waals surface area contributed by atoms with E-state index in [0.717, 1.165) is 35.9 Å². The zero-order valence-corrected chi connectivity index (χ0v) is 14.5. The van der Waals surface area contributed by atoms with E-state index < -0.39 is 11.6 Å². The smallest absolute Gasteiger partial charge is 0.235 e. The quantitative estimate of drug-likeness (QED) is 0.643. The molecule has 0 aliphatic carbocycles. The first-order chi connectivity index (χ1) is 12.6. The highest BCUT2D eigenvalue weighted by Crippen LogP contribution is 2.20. The van der Waals surface area contributed by atoms with Crippen LogP contribution in [-0.4, -0.2) is 26.4 Å². The number of halogens is 2. The third kappa shape index (κ3) is 5.13. The van der Waals surface area contributed by atoms with Gasteiger partial charge in [-0.1, -0.05) is 0 Å². The molecule has 0 atom stereocenters. The van der Waals surface area contributed by atoms with Crippen molar-refractivity contribution in [1.82, 2.24) is 14.8 Å². The number of benzene rings is 1. The summed E-state index contributed by atoms with van der Waals surface area (Å²) in [7, 11) is 0. The number of rotatable bonds is 7. The minimum absolute atomic E-state index is 0.0783. The molecule has 2 heterocycles. The number of aromatic nitrogens is 3. The fourth-order valence-corrected chi connectivity index (χ4v) is 2.96. The second-order valence-electron chi connectivity index (χ2n) is 5.48. The van der Waals surface area contributed by atoms with Gasteiger partial charge in [-0.3, -0.25) is 14.5 Å². The third-order valence-electron chi connectivity index (χ3n) is 3.55. The Balaban J connectivity index is 1.47. The zero-order chi connectivity index (χ0) is 18.4. The van der Waals surface area contributed by atoms with E-state index in [2.05, 4.69) is 15.4 Å². The Hall–Kier alpha value is -2.74. The van der Waals surface area contributed by atoms with E-state index >= 15 is 0 Å². The van der Waals surface area contributed by atoms with Crippen molar-refractivity contribution in [3.63, 3.8) is 0 Å². The molecule has 5 nitrogen and oxygen atoms in total. The monoisotopic (exact) mass is 374 g/mol. The SMILES string of the molecule is O=C(CSc1ccc(F)c(F)c1)Nc1ccn(CCc2ccncc2)n1. The second-order valence-corrected chi connectivity index (χ2v) is 6.53. The van der Waals surface area contributed by atoms with E-state index in [1.165, 1.54) is 6.07 Å². The van der Waals surface area contributed by atoms with Crippen LogP contribution in [0.1, 0.15) is 5.56 Å². The molecule has 1 N–H and O–H groups in total. The summed E-state index contributed by atoms with van der Waals surface area (Å²) in [5, 5.41) is 6.98. The number of thioether (sulfide) groups is 1. The number of nitrogens with one attached hydrogen (secondary N) is 1. The normalized spacial score (nSPS) is 10.7. The lowest BCUT2D eigenvalue weighted by atomic mass is 10.2. The molecular formula is C18H16F2N4OS. The first kappa shape index (κ1) is 18.1. The third-order valence-corrected chi connectivity index (χ3v) is 4.54. The number of aryl methyl sites for hydroxylation is 2. The lowest BCUT2D eigenvalue weighted by Crippen LogP contribution is -2.15. The van der Waals surface area contributed by atoms with Crippen molar-refractivity contribution in [2.75, 3.05) is 11.1 Å². The number of amides is 1. The molecule has 26 heavy (non-hydrogen) atoms. The maximum atomic E-state index is 13.1. The standard InChI is InChI=1S/C18H16F2N4OS/c19-15-2-1-14(11-16(15)20)26-12-18(25)22-17-6-10-24(23-17)9-5-13-3-7-21-8-4-13/h1-4,6-8,10-11H,5,9,12H2,(H,22,23,25). The molecule has 0 unspecified atom stereocenters. The molecular weight excluding hydrogens is 358 g/mol. The molecule has 134 valence electrons. The maximum Gasteiger partial charge on any atom is 0.235 e. The van der Waals surface area contributed by atoms with Crippen LogP contribution in [0.3, 0.4) is 0 Å². The Morgan fingerprint density at radius 2 is 1.92 bits per heavy atom. The van der Waals surface area contributed by atoms with Gasteiger partial charge in [0.15, 0.2) is 17.5 Å². The van der Waals surface area contributed by atoms with Gasteiger partial charge in [0, 0.05) is 36.1 Å². The van der Waals surface area contributed by atoms with Crippen molar-refractivity contribution in [2.24, 2.45) is 0 Å². The molecule has 3 rings (SSSR count). The maximum absolute atomic E-state index is 13.1. The average Bonchev–Trinajstić information content (AvgIpc) is 3.09. The summed E-state index contributed by atoms with van der Waals surface area (Å²) in [4.78, 5) is 16.4. The highest BCUT2D eigenvalue weighted by molar-refractivity contribution is 8.00. The van der Waals surface area contributed by atoms with E-state index in [0.29, 0.717) is 17.3 Å². The van der Waals surface area contributed by atoms with Crippen molar-refractivity contribution >= 4 is 23.5 Å². The summed E-state index contributed by atoms with van der Waals surface area (Å²) in [6.45, 7) is 0.684. The number of carbonyl (C=O) groups excluding carboxylic acids is 1. The fraction of sp³-hybridized carbons (Fsp3) is 0.167. The molecule has 0 radical (unpaired) electrons. The van der Waals surface area contributed by atoms with Gasteiger partial charge < -0.3 is 5.32 Å². The summed E-state index contributed by atoms with van der Waals surface area (Å²) >= 11 is 1.13. The second kappa shape index (κ2) is 8.57. The van der Waals surface area contributed by atoms with Crippen LogP contribution >= 0.6 is 11.8 Å². The lowest BCUT2D eigenvalue weighted by molar-refractivity contribution is -0.113. The largest absolute Gasteiger partial charge is 0.308 e. The summed E-state index contributed by atoms with van der Waals surface area (Å²) in [6, 6.07) is 9.15. The Labute approximate surface area is 153 Å². The first-order valence-electron chi connectivity index (χ1n) is 7.90. The lowest BCUT2D eigenvalue weighted by Gasteiger charge is -2.04. The summed E-state index contributed by atoms with van der Waals surface area (Å²) in [5.41, 5.74) is 1.16. The van der Waals surface area contributed by atoms with Crippen LogP contribution in [0.2, 0.25) is 0 Å². The molecule has 2 aromatic heterocycles. The minimum Gasteiger partial charge on any atom is -0.308 e. The first-order valence-corrected chi connectivity index (χ1v) is 8.89. The highest BCUT2D eigenvalue weighted by Gasteiger charge is 2.08. The van der Waals surface area contributed by atoms with Crippen molar-refractivity contribution in [3.05, 3.63) is 72.2 Å². The van der Waals surface area contributed by atoms with E-state index in [1.54, 1.807) is 29.3 Å². The molecule has 8 heteroatoms. The fourth-order valence-electron chi connectivity index (χ4n) is 2.24. The average molecular weight is 374 g/mol. The van der Waals surface area contributed by atoms with Gasteiger partial charge >= 0.3 is 0 Å². The Morgan fingerprint density at radius 3 is 2.69 bits per heavy atom. The molecule has 0 saturated carbocycles. The van der Waals surface area contributed by atoms with Gasteiger partial charge in [-0.15, -0.1) is 11.8 Å². The molecule has 0 aliphatic rings. The molecule has 0 fully saturated rings. The van der Waals surface area contributed by atoms with Gasteiger partial charge in [0.2, 0.25) is 5.91 Å². The van der Waals surface area contributed by atoms with Crippen LogP contribution in [0.5, 0.6) is 0 Å². The number of anilines is 1. The Morgan fingerprint density at radius 1 is 1.12 bits per heavy atom. The van der Waals surface area contributed by atoms with Gasteiger partial charge in [-0.05, 0) is 42.3 Å². The van der Waals surface area contributed by atoms with Crippen LogP contribution in [0.15, 0.2) is 59.9 Å². The van der Waals surface area contributed by atoms with E-state index in [1.807, 2.05) is 12.1 Å². The van der Waals surface area contributed by atoms with Gasteiger partial charge in [-0.25, -0.2) is 8.78 Å². The summed E-state index contributed by atoms with van der Waals surface area (Å²) in [5.74, 6) is -1.57. The van der Waals surface area contributed by atoms with Crippen LogP contribution in [0, 0.1) is 11.6 Å². The van der Waals surface area contributed by atoms with Gasteiger partial charge in [0.05, 0.1) is 5.75 Å². The topological polar surface area (TPSA) is 59.8 Å². The number of carbonyl (C=O) groups is 1. The van der Waals surface area contributed by atoms with E-state index in [4.69, 9.17) is 0 Å². The zero-order valence-electron chi connectivity index (χ0n) is 13.7. The highest BCUT2D eigenvalue weighted by atomic mass is 32.2. The van der Waals surface area contributed by atoms with Crippen molar-refractivity contribution < 1.29 is 13.6 Å². The molecule has 0 saturated heterocycles. The van der Waals surface area contributed by atoms with Crippen molar-refractivity contribution in [1.29, 1.82) is 0 Å². The number of hydrogen-bond acceptors (Lipinski definition) is 4. The summed E-state index contributed by atoms with van der Waals surface area (Å²) in [6.07, 6.45) is 6.09. The molecule has 3 aromatic rings. The molecule has 1 aromatic carbocycles. The molecule has 0 spiro atoms.